The predicted octanol–water partition coefficient (Wildman–Crippen LogP) is 4.04. The molecular formula is C17H24N2S. The number of rotatable bonds is 4. The molecule has 108 valence electrons. The molecular weight excluding hydrogens is 264 g/mol. The molecule has 2 nitrogen and oxygen atoms in total. The van der Waals surface area contributed by atoms with Crippen molar-refractivity contribution in [2.24, 2.45) is 5.84 Å². The molecule has 1 atom stereocenters. The Hall–Kier alpha value is -1.16. The van der Waals surface area contributed by atoms with Crippen molar-refractivity contribution in [1.29, 1.82) is 0 Å². The van der Waals surface area contributed by atoms with E-state index in [0.717, 1.165) is 6.42 Å². The molecule has 0 aliphatic carbocycles. The van der Waals surface area contributed by atoms with Crippen LogP contribution in [0.15, 0.2) is 18.2 Å². The molecule has 2 aromatic rings. The lowest BCUT2D eigenvalue weighted by Crippen LogP contribution is -2.29. The van der Waals surface area contributed by atoms with Crippen LogP contribution in [0.2, 0.25) is 0 Å². The molecule has 0 aliphatic heterocycles. The highest BCUT2D eigenvalue weighted by Gasteiger charge is 2.16. The van der Waals surface area contributed by atoms with Gasteiger partial charge in [0.2, 0.25) is 0 Å². The van der Waals surface area contributed by atoms with Crippen LogP contribution in [-0.4, -0.2) is 0 Å². The summed E-state index contributed by atoms with van der Waals surface area (Å²) in [5.41, 5.74) is 9.77. The maximum Gasteiger partial charge on any atom is 0.0593 e. The normalized spacial score (nSPS) is 12.7. The predicted molar refractivity (Wildman–Crippen MR) is 88.2 cm³/mol. The molecule has 1 aromatic carbocycles. The lowest BCUT2D eigenvalue weighted by Gasteiger charge is -2.18. The maximum atomic E-state index is 5.80. The molecule has 1 unspecified atom stereocenters. The lowest BCUT2D eigenvalue weighted by molar-refractivity contribution is 0.558. The summed E-state index contributed by atoms with van der Waals surface area (Å²) in [6.07, 6.45) is 0.938. The van der Waals surface area contributed by atoms with Crippen molar-refractivity contribution in [3.05, 3.63) is 55.8 Å². The minimum Gasteiger partial charge on any atom is -0.271 e. The van der Waals surface area contributed by atoms with Crippen LogP contribution in [0, 0.1) is 34.6 Å². The highest BCUT2D eigenvalue weighted by atomic mass is 32.1. The summed E-state index contributed by atoms with van der Waals surface area (Å²) < 4.78 is 0. The fourth-order valence-corrected chi connectivity index (χ4v) is 3.85. The minimum absolute atomic E-state index is 0.188. The van der Waals surface area contributed by atoms with Crippen LogP contribution in [-0.2, 0) is 6.42 Å². The summed E-state index contributed by atoms with van der Waals surface area (Å²) >= 11 is 1.84. The smallest absolute Gasteiger partial charge is 0.0593 e. The van der Waals surface area contributed by atoms with Crippen molar-refractivity contribution in [2.45, 2.75) is 47.1 Å². The zero-order chi connectivity index (χ0) is 14.9. The highest BCUT2D eigenvalue weighted by molar-refractivity contribution is 7.12. The number of hydrogen-bond acceptors (Lipinski definition) is 3. The Morgan fingerprint density at radius 3 is 2.05 bits per heavy atom. The van der Waals surface area contributed by atoms with E-state index in [4.69, 9.17) is 5.84 Å². The number of aryl methyl sites for hydroxylation is 5. The zero-order valence-electron chi connectivity index (χ0n) is 13.0. The van der Waals surface area contributed by atoms with E-state index in [-0.39, 0.29) is 6.04 Å². The molecule has 2 rings (SSSR count). The van der Waals surface area contributed by atoms with Crippen LogP contribution in [0.5, 0.6) is 0 Å². The van der Waals surface area contributed by atoms with E-state index in [1.54, 1.807) is 0 Å². The Labute approximate surface area is 126 Å². The number of hydrazine groups is 1. The van der Waals surface area contributed by atoms with Crippen LogP contribution in [0.25, 0.3) is 0 Å². The van der Waals surface area contributed by atoms with Gasteiger partial charge in [0.25, 0.3) is 0 Å². The fraction of sp³-hybridized carbons (Fsp3) is 0.412. The molecule has 1 heterocycles. The Kier molecular flexibility index (Phi) is 4.63. The van der Waals surface area contributed by atoms with Gasteiger partial charge in [-0.1, -0.05) is 17.7 Å². The van der Waals surface area contributed by atoms with Crippen molar-refractivity contribution >= 4 is 11.3 Å². The Balaban J connectivity index is 2.31. The number of thiophene rings is 1. The van der Waals surface area contributed by atoms with Crippen LogP contribution in [0.4, 0.5) is 0 Å². The van der Waals surface area contributed by atoms with E-state index in [9.17, 15) is 0 Å². The van der Waals surface area contributed by atoms with E-state index in [1.165, 1.54) is 37.6 Å². The van der Waals surface area contributed by atoms with Gasteiger partial charge in [0.05, 0.1) is 6.04 Å². The van der Waals surface area contributed by atoms with Crippen LogP contribution in [0.1, 0.15) is 43.6 Å². The largest absolute Gasteiger partial charge is 0.271 e. The van der Waals surface area contributed by atoms with Crippen molar-refractivity contribution < 1.29 is 0 Å². The first-order valence-corrected chi connectivity index (χ1v) is 7.83. The monoisotopic (exact) mass is 288 g/mol. The third kappa shape index (κ3) is 3.11. The van der Waals surface area contributed by atoms with E-state index in [1.807, 2.05) is 11.3 Å². The second-order valence-corrected chi connectivity index (χ2v) is 6.98. The molecule has 3 heteroatoms. The Morgan fingerprint density at radius 1 is 1.00 bits per heavy atom. The quantitative estimate of drug-likeness (QED) is 0.658. The standard InChI is InChI=1S/C17H24N2S/c1-10-6-12(3)15(13(4)7-10)9-16(19-18)17-8-11(2)14(5)20-17/h6-8,16,19H,9,18H2,1-5H3. The summed E-state index contributed by atoms with van der Waals surface area (Å²) in [6, 6.07) is 6.94. The Morgan fingerprint density at radius 2 is 1.60 bits per heavy atom. The van der Waals surface area contributed by atoms with E-state index < -0.39 is 0 Å². The average Bonchev–Trinajstić information content (AvgIpc) is 2.68. The number of benzene rings is 1. The van der Waals surface area contributed by atoms with Gasteiger partial charge in [-0.05, 0) is 69.4 Å². The van der Waals surface area contributed by atoms with Gasteiger partial charge in [0, 0.05) is 9.75 Å². The van der Waals surface area contributed by atoms with Gasteiger partial charge < -0.3 is 0 Å². The molecule has 0 amide bonds. The summed E-state index contributed by atoms with van der Waals surface area (Å²) in [7, 11) is 0. The van der Waals surface area contributed by atoms with Crippen molar-refractivity contribution in [3.8, 4) is 0 Å². The molecule has 0 radical (unpaired) electrons. The number of nitrogens with two attached hydrogens (primary N) is 1. The molecule has 0 saturated heterocycles. The minimum atomic E-state index is 0.188. The SMILES string of the molecule is Cc1cc(C)c(CC(NN)c2cc(C)c(C)s2)c(C)c1. The van der Waals surface area contributed by atoms with Crippen molar-refractivity contribution in [1.82, 2.24) is 5.43 Å². The number of hydrogen-bond donors (Lipinski definition) is 2. The fourth-order valence-electron chi connectivity index (χ4n) is 2.75. The second kappa shape index (κ2) is 6.08. The van der Waals surface area contributed by atoms with Gasteiger partial charge in [-0.3, -0.25) is 11.3 Å². The first-order chi connectivity index (χ1) is 9.42. The van der Waals surface area contributed by atoms with Crippen LogP contribution >= 0.6 is 11.3 Å². The first-order valence-electron chi connectivity index (χ1n) is 7.02. The summed E-state index contributed by atoms with van der Waals surface area (Å²) in [4.78, 5) is 2.69. The molecule has 0 spiro atoms. The van der Waals surface area contributed by atoms with Gasteiger partial charge in [0.1, 0.15) is 0 Å². The van der Waals surface area contributed by atoms with Crippen molar-refractivity contribution in [3.63, 3.8) is 0 Å². The molecule has 0 bridgehead atoms. The first kappa shape index (κ1) is 15.2. The van der Waals surface area contributed by atoms with Gasteiger partial charge in [-0.15, -0.1) is 11.3 Å². The van der Waals surface area contributed by atoms with E-state index in [0.29, 0.717) is 0 Å². The van der Waals surface area contributed by atoms with Gasteiger partial charge >= 0.3 is 0 Å². The molecule has 3 N–H and O–H groups in total. The van der Waals surface area contributed by atoms with E-state index in [2.05, 4.69) is 58.2 Å². The summed E-state index contributed by atoms with van der Waals surface area (Å²) in [5.74, 6) is 5.80. The third-order valence-electron chi connectivity index (χ3n) is 3.98. The number of nitrogens with one attached hydrogen (secondary N) is 1. The zero-order valence-corrected chi connectivity index (χ0v) is 13.8. The Bertz CT molecular complexity index is 571. The highest BCUT2D eigenvalue weighted by Crippen LogP contribution is 2.30. The maximum absolute atomic E-state index is 5.80. The van der Waals surface area contributed by atoms with Gasteiger partial charge in [-0.2, -0.15) is 0 Å². The van der Waals surface area contributed by atoms with Crippen molar-refractivity contribution in [2.75, 3.05) is 0 Å². The van der Waals surface area contributed by atoms with Gasteiger partial charge in [0.15, 0.2) is 0 Å². The van der Waals surface area contributed by atoms with Crippen LogP contribution < -0.4 is 11.3 Å². The molecule has 0 saturated carbocycles. The summed E-state index contributed by atoms with van der Waals surface area (Å²) in [6.45, 7) is 10.8. The lowest BCUT2D eigenvalue weighted by atomic mass is 9.94. The topological polar surface area (TPSA) is 38.0 Å². The summed E-state index contributed by atoms with van der Waals surface area (Å²) in [5, 5.41) is 0. The average molecular weight is 288 g/mol. The third-order valence-corrected chi connectivity index (χ3v) is 5.24. The molecule has 0 fully saturated rings. The van der Waals surface area contributed by atoms with E-state index >= 15 is 0 Å². The molecule has 1 aromatic heterocycles. The molecule has 0 aliphatic rings. The second-order valence-electron chi connectivity index (χ2n) is 5.69. The van der Waals surface area contributed by atoms with Gasteiger partial charge in [-0.25, -0.2) is 0 Å². The molecule has 20 heavy (non-hydrogen) atoms. The van der Waals surface area contributed by atoms with Crippen LogP contribution in [0.3, 0.4) is 0 Å².